The van der Waals surface area contributed by atoms with E-state index in [2.05, 4.69) is 30.1 Å². The van der Waals surface area contributed by atoms with E-state index in [0.29, 0.717) is 10.5 Å². The van der Waals surface area contributed by atoms with Gasteiger partial charge < -0.3 is 11.1 Å². The van der Waals surface area contributed by atoms with Crippen LogP contribution >= 0.6 is 23.7 Å². The molecule has 28 heavy (non-hydrogen) atoms. The maximum atomic E-state index is 14.3. The van der Waals surface area contributed by atoms with Gasteiger partial charge in [-0.25, -0.2) is 33.6 Å². The second kappa shape index (κ2) is 7.67. The van der Waals surface area contributed by atoms with Gasteiger partial charge in [0.2, 0.25) is 0 Å². The summed E-state index contributed by atoms with van der Waals surface area (Å²) < 4.78 is 28.9. The molecule has 0 saturated heterocycles. The number of halogens is 3. The summed E-state index contributed by atoms with van der Waals surface area (Å²) in [7, 11) is 0. The van der Waals surface area contributed by atoms with Crippen molar-refractivity contribution in [2.75, 3.05) is 11.1 Å². The number of benzene rings is 1. The molecule has 1 aromatic carbocycles. The van der Waals surface area contributed by atoms with Crippen LogP contribution in [0.3, 0.4) is 0 Å². The van der Waals surface area contributed by atoms with Gasteiger partial charge in [-0.1, -0.05) is 12.1 Å². The number of nitrogen functional groups attached to an aromatic ring is 1. The van der Waals surface area contributed by atoms with E-state index in [1.807, 2.05) is 0 Å². The third kappa shape index (κ3) is 3.40. The molecule has 7 nitrogen and oxygen atoms in total. The smallest absolute Gasteiger partial charge is 0.200 e. The van der Waals surface area contributed by atoms with Crippen LogP contribution in [0, 0.1) is 18.2 Å². The Bertz CT molecular complexity index is 1220. The average Bonchev–Trinajstić information content (AvgIpc) is 3.10. The minimum Gasteiger partial charge on any atom is -0.384 e. The second-order valence-electron chi connectivity index (χ2n) is 5.35. The number of hydrogen-bond donors (Lipinski definition) is 2. The quantitative estimate of drug-likeness (QED) is 0.468. The number of anilines is 3. The molecule has 3 aromatic heterocycles. The number of fused-ring (bicyclic) bond motifs is 1. The largest absolute Gasteiger partial charge is 0.384 e. The van der Waals surface area contributed by atoms with Crippen molar-refractivity contribution in [2.45, 2.75) is 0 Å². The highest BCUT2D eigenvalue weighted by Gasteiger charge is 2.19. The normalized spacial score (nSPS) is 10.3. The maximum absolute atomic E-state index is 14.3. The fourth-order valence-electron chi connectivity index (χ4n) is 2.46. The summed E-state index contributed by atoms with van der Waals surface area (Å²) in [6, 6.07) is 5.64. The summed E-state index contributed by atoms with van der Waals surface area (Å²) in [6.45, 7) is 7.23. The number of rotatable bonds is 3. The Morgan fingerprint density at radius 3 is 2.71 bits per heavy atom. The molecule has 0 amide bonds. The molecular formula is C17H10ClF2N7S. The van der Waals surface area contributed by atoms with Crippen LogP contribution in [0.5, 0.6) is 0 Å². The summed E-state index contributed by atoms with van der Waals surface area (Å²) in [5, 5.41) is 3.12. The van der Waals surface area contributed by atoms with Crippen molar-refractivity contribution in [1.82, 2.24) is 19.9 Å². The predicted octanol–water partition coefficient (Wildman–Crippen LogP) is 4.72. The highest BCUT2D eigenvalue weighted by molar-refractivity contribution is 7.22. The van der Waals surface area contributed by atoms with Gasteiger partial charge in [-0.05, 0) is 6.07 Å². The van der Waals surface area contributed by atoms with Gasteiger partial charge in [-0.2, -0.15) is 0 Å². The van der Waals surface area contributed by atoms with Gasteiger partial charge in [0.15, 0.2) is 17.3 Å². The first-order chi connectivity index (χ1) is 13.1. The number of thiazole rings is 1. The minimum atomic E-state index is -0.652. The fourth-order valence-corrected chi connectivity index (χ4v) is 3.53. The van der Waals surface area contributed by atoms with E-state index < -0.39 is 11.6 Å². The van der Waals surface area contributed by atoms with Crippen LogP contribution < -0.4 is 11.1 Å². The van der Waals surface area contributed by atoms with E-state index in [-0.39, 0.29) is 45.8 Å². The van der Waals surface area contributed by atoms with E-state index in [0.717, 1.165) is 17.5 Å². The SMILES string of the molecule is Cl.[C-]#[N+]c1cccc(F)c1-c1nc2c(F)cnc(Nc3cc(N)ncn3)c2s1. The van der Waals surface area contributed by atoms with E-state index in [1.165, 1.54) is 30.6 Å². The van der Waals surface area contributed by atoms with E-state index in [1.54, 1.807) is 0 Å². The zero-order chi connectivity index (χ0) is 19.0. The number of nitrogens with one attached hydrogen (secondary N) is 1. The molecule has 0 fully saturated rings. The van der Waals surface area contributed by atoms with Crippen LogP contribution in [-0.2, 0) is 0 Å². The Balaban J connectivity index is 0.00000225. The Morgan fingerprint density at radius 1 is 1.14 bits per heavy atom. The van der Waals surface area contributed by atoms with Crippen LogP contribution in [0.15, 0.2) is 36.8 Å². The first-order valence-electron chi connectivity index (χ1n) is 7.52. The van der Waals surface area contributed by atoms with Gasteiger partial charge in [0.25, 0.3) is 0 Å². The van der Waals surface area contributed by atoms with Gasteiger partial charge in [-0.15, -0.1) is 23.7 Å². The molecule has 0 saturated carbocycles. The lowest BCUT2D eigenvalue weighted by molar-refractivity contribution is 0.629. The summed E-state index contributed by atoms with van der Waals surface area (Å²) in [6.07, 6.45) is 2.29. The molecule has 0 bridgehead atoms. The number of nitrogens with two attached hydrogens (primary N) is 1. The van der Waals surface area contributed by atoms with Crippen molar-refractivity contribution in [1.29, 1.82) is 0 Å². The summed E-state index contributed by atoms with van der Waals surface area (Å²) >= 11 is 1.02. The average molecular weight is 418 g/mol. The minimum absolute atomic E-state index is 0. The Morgan fingerprint density at radius 2 is 1.96 bits per heavy atom. The molecule has 0 spiro atoms. The zero-order valence-corrected chi connectivity index (χ0v) is 15.5. The zero-order valence-electron chi connectivity index (χ0n) is 13.8. The molecule has 0 aliphatic rings. The van der Waals surface area contributed by atoms with Crippen LogP contribution in [0.2, 0.25) is 0 Å². The lowest BCUT2D eigenvalue weighted by Crippen LogP contribution is -1.99. The molecule has 0 aliphatic carbocycles. The molecule has 4 aromatic rings. The van der Waals surface area contributed by atoms with E-state index in [9.17, 15) is 8.78 Å². The van der Waals surface area contributed by atoms with Crippen molar-refractivity contribution in [2.24, 2.45) is 0 Å². The molecule has 3 heterocycles. The Labute approximate surface area is 167 Å². The molecule has 140 valence electrons. The topological polar surface area (TPSA) is 94.0 Å². The fraction of sp³-hybridized carbons (Fsp3) is 0. The molecule has 3 N–H and O–H groups in total. The third-order valence-electron chi connectivity index (χ3n) is 3.64. The Kier molecular flexibility index (Phi) is 5.30. The molecule has 11 heteroatoms. The van der Waals surface area contributed by atoms with Gasteiger partial charge in [0.05, 0.1) is 18.3 Å². The number of hydrogen-bond acceptors (Lipinski definition) is 7. The summed E-state index contributed by atoms with van der Waals surface area (Å²) in [4.78, 5) is 19.4. The number of aromatic nitrogens is 4. The van der Waals surface area contributed by atoms with Crippen molar-refractivity contribution < 1.29 is 8.78 Å². The van der Waals surface area contributed by atoms with Crippen molar-refractivity contribution in [3.8, 4) is 10.6 Å². The molecule has 0 atom stereocenters. The van der Waals surface area contributed by atoms with Crippen molar-refractivity contribution in [3.05, 3.63) is 59.8 Å². The van der Waals surface area contributed by atoms with E-state index in [4.69, 9.17) is 12.3 Å². The first kappa shape index (κ1) is 19.3. The second-order valence-corrected chi connectivity index (χ2v) is 6.35. The van der Waals surface area contributed by atoms with Crippen LogP contribution in [0.4, 0.5) is 31.9 Å². The molecule has 0 radical (unpaired) electrons. The third-order valence-corrected chi connectivity index (χ3v) is 4.72. The van der Waals surface area contributed by atoms with Gasteiger partial charge in [0.1, 0.15) is 39.0 Å². The summed E-state index contributed by atoms with van der Waals surface area (Å²) in [5.41, 5.74) is 5.78. The highest BCUT2D eigenvalue weighted by atomic mass is 35.5. The van der Waals surface area contributed by atoms with Crippen LogP contribution in [0.1, 0.15) is 0 Å². The van der Waals surface area contributed by atoms with Crippen LogP contribution in [0.25, 0.3) is 25.6 Å². The molecule has 0 unspecified atom stereocenters. The molecule has 4 rings (SSSR count). The summed E-state index contributed by atoms with van der Waals surface area (Å²) in [5.74, 6) is -0.349. The standard InChI is InChI=1S/C17H9F2N7S.ClH/c1-21-10-4-2-3-8(18)13(10)17-26-14-9(19)6-22-16(15(14)27-17)25-12-5-11(20)23-7-24-12;/h2-7H,(H3,20,22,23,24,25);1H. The highest BCUT2D eigenvalue weighted by Crippen LogP contribution is 2.40. The lowest BCUT2D eigenvalue weighted by atomic mass is 10.2. The van der Waals surface area contributed by atoms with Crippen LogP contribution in [-0.4, -0.2) is 19.9 Å². The molecule has 0 aliphatic heterocycles. The number of pyridine rings is 1. The maximum Gasteiger partial charge on any atom is 0.200 e. The lowest BCUT2D eigenvalue weighted by Gasteiger charge is -2.05. The van der Waals surface area contributed by atoms with Gasteiger partial charge in [0, 0.05) is 6.07 Å². The van der Waals surface area contributed by atoms with Crippen molar-refractivity contribution >= 4 is 57.1 Å². The monoisotopic (exact) mass is 417 g/mol. The number of nitrogens with zero attached hydrogens (tertiary/aromatic N) is 5. The van der Waals surface area contributed by atoms with Gasteiger partial charge >= 0.3 is 0 Å². The van der Waals surface area contributed by atoms with E-state index >= 15 is 0 Å². The van der Waals surface area contributed by atoms with Gasteiger partial charge in [-0.3, -0.25) is 0 Å². The Hall–Kier alpha value is -3.42. The molecular weight excluding hydrogens is 408 g/mol. The first-order valence-corrected chi connectivity index (χ1v) is 8.34. The predicted molar refractivity (Wildman–Crippen MR) is 106 cm³/mol. The van der Waals surface area contributed by atoms with Crippen molar-refractivity contribution in [3.63, 3.8) is 0 Å².